The summed E-state index contributed by atoms with van der Waals surface area (Å²) >= 11 is 0. The number of hydrogen-bond acceptors (Lipinski definition) is 4. The number of aryl methyl sites for hydroxylation is 1. The summed E-state index contributed by atoms with van der Waals surface area (Å²) in [6.07, 6.45) is 6.98. The zero-order chi connectivity index (χ0) is 11.7. The number of fused-ring (bicyclic) bond motifs is 1. The highest BCUT2D eigenvalue weighted by molar-refractivity contribution is 4.91. The van der Waals surface area contributed by atoms with Crippen LogP contribution in [0.2, 0.25) is 0 Å². The van der Waals surface area contributed by atoms with E-state index in [1.807, 2.05) is 11.7 Å². The van der Waals surface area contributed by atoms with Crippen molar-refractivity contribution < 1.29 is 0 Å². The van der Waals surface area contributed by atoms with E-state index in [0.717, 1.165) is 18.4 Å². The van der Waals surface area contributed by atoms with E-state index in [9.17, 15) is 0 Å². The van der Waals surface area contributed by atoms with Crippen LogP contribution in [0.5, 0.6) is 0 Å². The topological polar surface area (TPSA) is 46.0 Å². The molecule has 2 aliphatic heterocycles. The smallest absolute Gasteiger partial charge is 0.140 e. The molecular formula is C12H21N5. The highest BCUT2D eigenvalue weighted by atomic mass is 15.3. The fourth-order valence-corrected chi connectivity index (χ4v) is 3.13. The zero-order valence-electron chi connectivity index (χ0n) is 10.5. The van der Waals surface area contributed by atoms with Crippen LogP contribution in [0.4, 0.5) is 0 Å². The molecule has 2 atom stereocenters. The van der Waals surface area contributed by atoms with Crippen LogP contribution in [0.1, 0.15) is 31.5 Å². The van der Waals surface area contributed by atoms with Gasteiger partial charge in [0.2, 0.25) is 0 Å². The van der Waals surface area contributed by atoms with Gasteiger partial charge in [-0.25, -0.2) is 4.98 Å². The third-order valence-corrected chi connectivity index (χ3v) is 4.17. The Morgan fingerprint density at radius 2 is 2.35 bits per heavy atom. The van der Waals surface area contributed by atoms with Crippen LogP contribution in [0.15, 0.2) is 6.33 Å². The van der Waals surface area contributed by atoms with Gasteiger partial charge in [0.1, 0.15) is 12.2 Å². The molecule has 2 saturated heterocycles. The minimum Gasteiger partial charge on any atom is -0.307 e. The SMILES string of the molecule is Cn1ncnc1CNC1CCN2CCCC2C1. The molecule has 0 saturated carbocycles. The first-order valence-electron chi connectivity index (χ1n) is 6.63. The standard InChI is InChI=1S/C12H21N5/c1-16-12(14-9-15-16)8-13-10-4-6-17-5-2-3-11(17)7-10/h9-11,13H,2-8H2,1H3. The zero-order valence-corrected chi connectivity index (χ0v) is 10.5. The molecule has 2 aliphatic rings. The number of hydrogen-bond donors (Lipinski definition) is 1. The number of piperidine rings is 1. The maximum Gasteiger partial charge on any atom is 0.140 e. The second-order valence-corrected chi connectivity index (χ2v) is 5.23. The van der Waals surface area contributed by atoms with Gasteiger partial charge in [-0.05, 0) is 38.8 Å². The molecule has 2 fully saturated rings. The summed E-state index contributed by atoms with van der Waals surface area (Å²) in [7, 11) is 1.95. The molecule has 0 bridgehead atoms. The van der Waals surface area contributed by atoms with E-state index < -0.39 is 0 Å². The molecule has 5 heteroatoms. The normalized spacial score (nSPS) is 29.5. The van der Waals surface area contributed by atoms with Crippen molar-refractivity contribution >= 4 is 0 Å². The van der Waals surface area contributed by atoms with Gasteiger partial charge < -0.3 is 10.2 Å². The van der Waals surface area contributed by atoms with Gasteiger partial charge >= 0.3 is 0 Å². The predicted octanol–water partition coefficient (Wildman–Crippen LogP) is 0.531. The summed E-state index contributed by atoms with van der Waals surface area (Å²) in [6.45, 7) is 3.43. The van der Waals surface area contributed by atoms with E-state index in [-0.39, 0.29) is 0 Å². The molecule has 0 aromatic carbocycles. The van der Waals surface area contributed by atoms with E-state index in [2.05, 4.69) is 20.3 Å². The Hall–Kier alpha value is -0.940. The maximum atomic E-state index is 4.25. The van der Waals surface area contributed by atoms with Crippen molar-refractivity contribution in [2.45, 2.75) is 44.3 Å². The quantitative estimate of drug-likeness (QED) is 0.830. The van der Waals surface area contributed by atoms with E-state index in [1.54, 1.807) is 6.33 Å². The van der Waals surface area contributed by atoms with Gasteiger partial charge in [-0.1, -0.05) is 0 Å². The molecule has 94 valence electrons. The van der Waals surface area contributed by atoms with E-state index in [0.29, 0.717) is 6.04 Å². The predicted molar refractivity (Wildman–Crippen MR) is 65.5 cm³/mol. The summed E-state index contributed by atoms with van der Waals surface area (Å²) in [6, 6.07) is 1.49. The van der Waals surface area contributed by atoms with Crippen molar-refractivity contribution in [3.63, 3.8) is 0 Å². The lowest BCUT2D eigenvalue weighted by molar-refractivity contribution is 0.166. The van der Waals surface area contributed by atoms with Crippen LogP contribution >= 0.6 is 0 Å². The molecule has 1 aromatic rings. The maximum absolute atomic E-state index is 4.25. The second kappa shape index (κ2) is 4.74. The highest BCUT2D eigenvalue weighted by Gasteiger charge is 2.31. The van der Waals surface area contributed by atoms with Crippen molar-refractivity contribution in [2.24, 2.45) is 7.05 Å². The molecular weight excluding hydrogens is 214 g/mol. The van der Waals surface area contributed by atoms with Gasteiger partial charge in [0.15, 0.2) is 0 Å². The largest absolute Gasteiger partial charge is 0.307 e. The lowest BCUT2D eigenvalue weighted by Gasteiger charge is -2.35. The average molecular weight is 235 g/mol. The Labute approximate surface area is 102 Å². The van der Waals surface area contributed by atoms with Gasteiger partial charge in [0.05, 0.1) is 6.54 Å². The molecule has 0 aliphatic carbocycles. The van der Waals surface area contributed by atoms with Gasteiger partial charge in [-0.15, -0.1) is 0 Å². The first-order valence-corrected chi connectivity index (χ1v) is 6.63. The van der Waals surface area contributed by atoms with Crippen LogP contribution in [0.3, 0.4) is 0 Å². The first kappa shape index (κ1) is 11.2. The number of nitrogens with zero attached hydrogens (tertiary/aromatic N) is 4. The second-order valence-electron chi connectivity index (χ2n) is 5.23. The fourth-order valence-electron chi connectivity index (χ4n) is 3.13. The molecule has 5 nitrogen and oxygen atoms in total. The molecule has 3 rings (SSSR count). The van der Waals surface area contributed by atoms with Gasteiger partial charge in [-0.2, -0.15) is 5.10 Å². The van der Waals surface area contributed by atoms with E-state index >= 15 is 0 Å². The van der Waals surface area contributed by atoms with Crippen molar-refractivity contribution in [3.8, 4) is 0 Å². The van der Waals surface area contributed by atoms with E-state index in [1.165, 1.54) is 38.8 Å². The summed E-state index contributed by atoms with van der Waals surface area (Å²) in [5, 5.41) is 7.72. The molecule has 17 heavy (non-hydrogen) atoms. The summed E-state index contributed by atoms with van der Waals surface area (Å²) in [5.74, 6) is 1.03. The van der Waals surface area contributed by atoms with Crippen molar-refractivity contribution in [1.82, 2.24) is 25.0 Å². The van der Waals surface area contributed by atoms with E-state index in [4.69, 9.17) is 0 Å². The van der Waals surface area contributed by atoms with Crippen LogP contribution in [0.25, 0.3) is 0 Å². The summed E-state index contributed by atoms with van der Waals surface area (Å²) in [5.41, 5.74) is 0. The van der Waals surface area contributed by atoms with Crippen LogP contribution in [-0.4, -0.2) is 44.8 Å². The monoisotopic (exact) mass is 235 g/mol. The molecule has 1 aromatic heterocycles. The minimum atomic E-state index is 0.658. The van der Waals surface area contributed by atoms with Crippen molar-refractivity contribution in [2.75, 3.05) is 13.1 Å². The molecule has 1 N–H and O–H groups in total. The van der Waals surface area contributed by atoms with Gasteiger partial charge in [0.25, 0.3) is 0 Å². The molecule has 2 unspecified atom stereocenters. The Bertz CT molecular complexity index is 375. The molecule has 0 radical (unpaired) electrons. The Balaban J connectivity index is 1.51. The average Bonchev–Trinajstić information content (AvgIpc) is 2.94. The number of nitrogens with one attached hydrogen (secondary N) is 1. The third kappa shape index (κ3) is 2.35. The lowest BCUT2D eigenvalue weighted by atomic mass is 9.97. The van der Waals surface area contributed by atoms with Crippen molar-refractivity contribution in [1.29, 1.82) is 0 Å². The van der Waals surface area contributed by atoms with Crippen LogP contribution in [0, 0.1) is 0 Å². The molecule has 0 spiro atoms. The Kier molecular flexibility index (Phi) is 3.11. The van der Waals surface area contributed by atoms with Crippen molar-refractivity contribution in [3.05, 3.63) is 12.2 Å². The van der Waals surface area contributed by atoms with Crippen LogP contribution < -0.4 is 5.32 Å². The summed E-state index contributed by atoms with van der Waals surface area (Å²) < 4.78 is 1.84. The fraction of sp³-hybridized carbons (Fsp3) is 0.833. The summed E-state index contributed by atoms with van der Waals surface area (Å²) in [4.78, 5) is 6.90. The Morgan fingerprint density at radius 1 is 1.41 bits per heavy atom. The van der Waals surface area contributed by atoms with Gasteiger partial charge in [0, 0.05) is 19.1 Å². The number of rotatable bonds is 3. The molecule has 3 heterocycles. The molecule has 0 amide bonds. The third-order valence-electron chi connectivity index (χ3n) is 4.17. The number of aromatic nitrogens is 3. The van der Waals surface area contributed by atoms with Gasteiger partial charge in [-0.3, -0.25) is 4.68 Å². The van der Waals surface area contributed by atoms with Crippen LogP contribution in [-0.2, 0) is 13.6 Å². The Morgan fingerprint density at radius 3 is 3.18 bits per heavy atom. The first-order chi connectivity index (χ1) is 8.33. The highest BCUT2D eigenvalue weighted by Crippen LogP contribution is 2.26. The minimum absolute atomic E-state index is 0.658. The lowest BCUT2D eigenvalue weighted by Crippen LogP contribution is -2.45.